The van der Waals surface area contributed by atoms with Crippen LogP contribution >= 0.6 is 7.60 Å². The predicted octanol–water partition coefficient (Wildman–Crippen LogP) is -0.942. The quantitative estimate of drug-likeness (QED) is 0.449. The summed E-state index contributed by atoms with van der Waals surface area (Å²) in [4.78, 5) is 27.2. The van der Waals surface area contributed by atoms with E-state index in [9.17, 15) is 13.8 Å². The van der Waals surface area contributed by atoms with E-state index in [2.05, 4.69) is 0 Å². The Balaban J connectivity index is 2.76. The van der Waals surface area contributed by atoms with Crippen molar-refractivity contribution in [2.45, 2.75) is 17.6 Å². The summed E-state index contributed by atoms with van der Waals surface area (Å²) in [6.45, 7) is 0. The monoisotopic (exact) mass is 213 g/mol. The van der Waals surface area contributed by atoms with Crippen molar-refractivity contribution >= 4 is 13.6 Å². The molecule has 0 aromatic rings. The summed E-state index contributed by atoms with van der Waals surface area (Å²) in [5.41, 5.74) is 0.452. The van der Waals surface area contributed by atoms with Gasteiger partial charge in [0.1, 0.15) is 0 Å². The van der Waals surface area contributed by atoms with Gasteiger partial charge in [-0.05, 0) is 0 Å². The number of carboxylic acids is 1. The zero-order chi connectivity index (χ0) is 10.5. The van der Waals surface area contributed by atoms with Gasteiger partial charge in [0.05, 0.1) is 6.16 Å². The molecule has 2 atom stereocenters. The molecule has 0 heterocycles. The first kappa shape index (κ1) is 10.6. The molecule has 8 heteroatoms. The molecule has 0 aromatic heterocycles. The number of rotatable bonds is 3. The number of hydrogen-bond donors (Lipinski definition) is 4. The van der Waals surface area contributed by atoms with Crippen LogP contribution in [0.5, 0.6) is 0 Å². The van der Waals surface area contributed by atoms with E-state index in [-0.39, 0.29) is 0 Å². The second-order valence-corrected chi connectivity index (χ2v) is 4.89. The molecule has 1 rings (SSSR count). The molecular formula is C5H9FNO5P. The van der Waals surface area contributed by atoms with Crippen LogP contribution in [0.3, 0.4) is 0 Å². The van der Waals surface area contributed by atoms with Gasteiger partial charge in [0.2, 0.25) is 0 Å². The molecule has 1 fully saturated rings. The molecule has 0 amide bonds. The molecule has 1 saturated carbocycles. The first-order chi connectivity index (χ1) is 5.61. The predicted molar refractivity (Wildman–Crippen MR) is 39.9 cm³/mol. The Morgan fingerprint density at radius 2 is 2.08 bits per heavy atom. The molecule has 6 nitrogen and oxygen atoms in total. The third kappa shape index (κ3) is 1.73. The Kier molecular flexibility index (Phi) is 2.04. The van der Waals surface area contributed by atoms with E-state index >= 15 is 0 Å². The Hall–Kier alpha value is -0.490. The van der Waals surface area contributed by atoms with E-state index in [1.165, 1.54) is 0 Å². The minimum atomic E-state index is -4.56. The molecule has 1 aliphatic rings. The van der Waals surface area contributed by atoms with Crippen LogP contribution in [0.2, 0.25) is 0 Å². The lowest BCUT2D eigenvalue weighted by molar-refractivity contribution is -0.140. The highest BCUT2D eigenvalue weighted by Gasteiger charge is 2.74. The van der Waals surface area contributed by atoms with Crippen LogP contribution in [0.1, 0.15) is 6.42 Å². The van der Waals surface area contributed by atoms with Crippen LogP contribution in [0.25, 0.3) is 0 Å². The molecule has 0 aromatic carbocycles. The first-order valence-corrected chi connectivity index (χ1v) is 5.16. The Labute approximate surface area is 72.7 Å². The van der Waals surface area contributed by atoms with Crippen LogP contribution in [0, 0.1) is 0 Å². The van der Waals surface area contributed by atoms with E-state index < -0.39 is 37.4 Å². The molecule has 5 N–H and O–H groups in total. The zero-order valence-electron chi connectivity index (χ0n) is 6.47. The van der Waals surface area contributed by atoms with E-state index in [1.807, 2.05) is 0 Å². The highest BCUT2D eigenvalue weighted by Crippen LogP contribution is 2.56. The molecular weight excluding hydrogens is 204 g/mol. The second-order valence-electron chi connectivity index (χ2n) is 3.24. The van der Waals surface area contributed by atoms with Crippen molar-refractivity contribution in [1.29, 1.82) is 0 Å². The lowest BCUT2D eigenvalue weighted by Gasteiger charge is -2.11. The smallest absolute Gasteiger partial charge is 0.328 e. The lowest BCUT2D eigenvalue weighted by atomic mass is 10.2. The fraction of sp³-hybridized carbons (Fsp3) is 0.800. The van der Waals surface area contributed by atoms with Gasteiger partial charge >= 0.3 is 13.6 Å². The van der Waals surface area contributed by atoms with Crippen molar-refractivity contribution in [1.82, 2.24) is 0 Å². The summed E-state index contributed by atoms with van der Waals surface area (Å²) in [6, 6.07) is 0. The number of hydrogen-bond acceptors (Lipinski definition) is 3. The van der Waals surface area contributed by atoms with Gasteiger partial charge in [-0.2, -0.15) is 0 Å². The summed E-state index contributed by atoms with van der Waals surface area (Å²) in [6.07, 6.45) is -1.69. The van der Waals surface area contributed by atoms with Gasteiger partial charge in [-0.1, -0.05) is 0 Å². The minimum Gasteiger partial charge on any atom is -0.480 e. The number of aliphatic carboxylic acids is 1. The summed E-state index contributed by atoms with van der Waals surface area (Å²) >= 11 is 0. The minimum absolute atomic E-state index is 0.555. The molecule has 0 bridgehead atoms. The standard InChI is InChI=1S/C5H9FNO5P/c6-4(2-13(10,11)12)1-5(4,7)3(8)9/h1-2,7H2,(H,8,9)(H2,10,11,12)/t4-,5-/m0/s1. The number of alkyl halides is 1. The maximum Gasteiger partial charge on any atom is 0.328 e. The SMILES string of the molecule is N[C@]1(C(=O)O)C[C@]1(F)CP(=O)(O)O. The summed E-state index contributed by atoms with van der Waals surface area (Å²) < 4.78 is 23.7. The maximum atomic E-state index is 13.3. The third-order valence-corrected chi connectivity index (χ3v) is 2.98. The Morgan fingerprint density at radius 3 is 2.31 bits per heavy atom. The maximum absolute atomic E-state index is 13.3. The zero-order valence-corrected chi connectivity index (χ0v) is 7.37. The summed E-state index contributed by atoms with van der Waals surface area (Å²) in [5.74, 6) is -1.58. The number of nitrogens with two attached hydrogens (primary N) is 1. The van der Waals surface area contributed by atoms with Gasteiger partial charge in [0, 0.05) is 6.42 Å². The van der Waals surface area contributed by atoms with Crippen LogP contribution in [0.15, 0.2) is 0 Å². The molecule has 0 saturated heterocycles. The molecule has 1 aliphatic carbocycles. The van der Waals surface area contributed by atoms with E-state index in [4.69, 9.17) is 20.6 Å². The molecule has 0 radical (unpaired) electrons. The third-order valence-electron chi connectivity index (χ3n) is 2.07. The largest absolute Gasteiger partial charge is 0.480 e. The number of carbonyl (C=O) groups is 1. The van der Waals surface area contributed by atoms with Gasteiger partial charge in [-0.25, -0.2) is 4.39 Å². The van der Waals surface area contributed by atoms with Gasteiger partial charge in [-0.3, -0.25) is 9.36 Å². The van der Waals surface area contributed by atoms with Crippen molar-refractivity contribution in [3.63, 3.8) is 0 Å². The van der Waals surface area contributed by atoms with Gasteiger partial charge < -0.3 is 20.6 Å². The summed E-state index contributed by atoms with van der Waals surface area (Å²) in [5, 5.41) is 8.43. The molecule has 0 unspecified atom stereocenters. The van der Waals surface area contributed by atoms with Crippen LogP contribution in [0.4, 0.5) is 4.39 Å². The second kappa shape index (κ2) is 2.51. The van der Waals surface area contributed by atoms with Gasteiger partial charge in [0.25, 0.3) is 0 Å². The van der Waals surface area contributed by atoms with Crippen molar-refractivity contribution in [2.24, 2.45) is 5.73 Å². The van der Waals surface area contributed by atoms with Crippen molar-refractivity contribution in [3.8, 4) is 0 Å². The normalized spacial score (nSPS) is 38.8. The van der Waals surface area contributed by atoms with Crippen LogP contribution in [-0.4, -0.2) is 38.2 Å². The number of halogens is 1. The highest BCUT2D eigenvalue weighted by atomic mass is 31.2. The molecule has 76 valence electrons. The van der Waals surface area contributed by atoms with Crippen molar-refractivity contribution in [3.05, 3.63) is 0 Å². The summed E-state index contributed by atoms with van der Waals surface area (Å²) in [7, 11) is -4.56. The van der Waals surface area contributed by atoms with Gasteiger partial charge in [0.15, 0.2) is 11.2 Å². The highest BCUT2D eigenvalue weighted by molar-refractivity contribution is 7.51. The Bertz CT molecular complexity index is 303. The van der Waals surface area contributed by atoms with Crippen LogP contribution < -0.4 is 5.73 Å². The topological polar surface area (TPSA) is 121 Å². The van der Waals surface area contributed by atoms with E-state index in [0.717, 1.165) is 0 Å². The van der Waals surface area contributed by atoms with E-state index in [1.54, 1.807) is 0 Å². The first-order valence-electron chi connectivity index (χ1n) is 3.36. The van der Waals surface area contributed by atoms with Crippen molar-refractivity contribution < 1.29 is 28.6 Å². The van der Waals surface area contributed by atoms with Gasteiger partial charge in [-0.15, -0.1) is 0 Å². The molecule has 0 aliphatic heterocycles. The van der Waals surface area contributed by atoms with Crippen LogP contribution in [-0.2, 0) is 9.36 Å². The fourth-order valence-electron chi connectivity index (χ4n) is 1.19. The lowest BCUT2D eigenvalue weighted by Crippen LogP contribution is -2.42. The molecule has 0 spiro atoms. The Morgan fingerprint density at radius 1 is 1.62 bits per heavy atom. The average Bonchev–Trinajstić information content (AvgIpc) is 2.30. The fourth-order valence-corrected chi connectivity index (χ4v) is 2.24. The van der Waals surface area contributed by atoms with Crippen molar-refractivity contribution in [2.75, 3.05) is 6.16 Å². The average molecular weight is 213 g/mol. The molecule has 13 heavy (non-hydrogen) atoms. The van der Waals surface area contributed by atoms with E-state index in [0.29, 0.717) is 0 Å². The number of carboxylic acid groups (broad SMARTS) is 1.